The zero-order valence-electron chi connectivity index (χ0n) is 5.88. The van der Waals surface area contributed by atoms with Crippen molar-refractivity contribution in [1.82, 2.24) is 0 Å². The van der Waals surface area contributed by atoms with Crippen LogP contribution in [0.15, 0.2) is 24.3 Å². The smallest absolute Gasteiger partial charge is 0.0612 e. The van der Waals surface area contributed by atoms with Crippen molar-refractivity contribution in [3.63, 3.8) is 0 Å². The van der Waals surface area contributed by atoms with Crippen molar-refractivity contribution in [2.24, 2.45) is 0 Å². The molecule has 0 bridgehead atoms. The van der Waals surface area contributed by atoms with Gasteiger partial charge in [0.15, 0.2) is 0 Å². The van der Waals surface area contributed by atoms with E-state index in [4.69, 9.17) is 5.11 Å². The van der Waals surface area contributed by atoms with E-state index in [2.05, 4.69) is 19.1 Å². The van der Waals surface area contributed by atoms with E-state index in [9.17, 15) is 0 Å². The predicted molar refractivity (Wildman–Crippen MR) is 40.3 cm³/mol. The van der Waals surface area contributed by atoms with E-state index in [1.165, 1.54) is 0 Å². The second kappa shape index (κ2) is 7.44. The third-order valence-corrected chi connectivity index (χ3v) is 0.947. The topological polar surface area (TPSA) is 20.2 Å². The van der Waals surface area contributed by atoms with Crippen molar-refractivity contribution >= 4 is 0 Å². The fourth-order valence-corrected chi connectivity index (χ4v) is 0.512. The lowest BCUT2D eigenvalue weighted by molar-refractivity contribution is 0.342. The normalized spacial score (nSPS) is 11.8. The van der Waals surface area contributed by atoms with E-state index in [1.807, 2.05) is 6.08 Å². The molecule has 0 amide bonds. The number of aliphatic hydroxyl groups is 1. The number of allylic oxidation sites excluding steroid dienone is 3. The van der Waals surface area contributed by atoms with Crippen molar-refractivity contribution in [1.29, 1.82) is 0 Å². The minimum Gasteiger partial charge on any atom is -0.392 e. The third kappa shape index (κ3) is 7.44. The molecule has 0 aliphatic rings. The molecule has 0 spiro atoms. The highest BCUT2D eigenvalue weighted by molar-refractivity contribution is 4.91. The maximum Gasteiger partial charge on any atom is 0.0612 e. The summed E-state index contributed by atoms with van der Waals surface area (Å²) >= 11 is 0. The van der Waals surface area contributed by atoms with E-state index in [-0.39, 0.29) is 6.61 Å². The standard InChI is InChI=1S/C8H14O/c1-2-3-4-5-6-7-8-9/h3-4,6-7,9H,2,5,8H2,1H3/b4-3+,7-6-. The summed E-state index contributed by atoms with van der Waals surface area (Å²) in [6.45, 7) is 2.26. The fraction of sp³-hybridized carbons (Fsp3) is 0.500. The summed E-state index contributed by atoms with van der Waals surface area (Å²) in [6.07, 6.45) is 9.93. The summed E-state index contributed by atoms with van der Waals surface area (Å²) in [5, 5.41) is 8.31. The van der Waals surface area contributed by atoms with Crippen LogP contribution in [0.2, 0.25) is 0 Å². The number of hydrogen-bond acceptors (Lipinski definition) is 1. The quantitative estimate of drug-likeness (QED) is 0.570. The lowest BCUT2D eigenvalue weighted by atomic mass is 10.3. The molecule has 1 nitrogen and oxygen atoms in total. The summed E-state index contributed by atoms with van der Waals surface area (Å²) in [5.74, 6) is 0. The van der Waals surface area contributed by atoms with Gasteiger partial charge in [0.2, 0.25) is 0 Å². The van der Waals surface area contributed by atoms with Crippen molar-refractivity contribution in [2.75, 3.05) is 6.61 Å². The van der Waals surface area contributed by atoms with Crippen LogP contribution in [0.1, 0.15) is 19.8 Å². The predicted octanol–water partition coefficient (Wildman–Crippen LogP) is 1.89. The SMILES string of the molecule is CC/C=C/C/C=C\CO. The summed E-state index contributed by atoms with van der Waals surface area (Å²) in [7, 11) is 0. The van der Waals surface area contributed by atoms with Crippen molar-refractivity contribution < 1.29 is 5.11 Å². The molecule has 0 heterocycles. The van der Waals surface area contributed by atoms with Crippen molar-refractivity contribution in [3.8, 4) is 0 Å². The molecule has 0 fully saturated rings. The van der Waals surface area contributed by atoms with Gasteiger partial charge >= 0.3 is 0 Å². The maximum absolute atomic E-state index is 8.31. The van der Waals surface area contributed by atoms with E-state index >= 15 is 0 Å². The lowest BCUT2D eigenvalue weighted by Crippen LogP contribution is -1.69. The van der Waals surface area contributed by atoms with Crippen LogP contribution in [0.25, 0.3) is 0 Å². The van der Waals surface area contributed by atoms with Crippen LogP contribution in [0.3, 0.4) is 0 Å². The van der Waals surface area contributed by atoms with Gasteiger partial charge in [0.25, 0.3) is 0 Å². The molecule has 9 heavy (non-hydrogen) atoms. The summed E-state index contributed by atoms with van der Waals surface area (Å²) in [5.41, 5.74) is 0. The largest absolute Gasteiger partial charge is 0.392 e. The van der Waals surface area contributed by atoms with E-state index in [0.717, 1.165) is 12.8 Å². The van der Waals surface area contributed by atoms with Gasteiger partial charge in [-0.2, -0.15) is 0 Å². The Balaban J connectivity index is 3.08. The molecule has 0 rings (SSSR count). The highest BCUT2D eigenvalue weighted by atomic mass is 16.2. The lowest BCUT2D eigenvalue weighted by Gasteiger charge is -1.79. The summed E-state index contributed by atoms with van der Waals surface area (Å²) in [4.78, 5) is 0. The number of hydrogen-bond donors (Lipinski definition) is 1. The van der Waals surface area contributed by atoms with Gasteiger partial charge in [0.05, 0.1) is 6.61 Å². The van der Waals surface area contributed by atoms with Gasteiger partial charge in [-0.05, 0) is 12.8 Å². The molecular weight excluding hydrogens is 112 g/mol. The second-order valence-electron chi connectivity index (χ2n) is 1.77. The van der Waals surface area contributed by atoms with Crippen LogP contribution in [0.5, 0.6) is 0 Å². The maximum atomic E-state index is 8.31. The Hall–Kier alpha value is -0.560. The van der Waals surface area contributed by atoms with Gasteiger partial charge < -0.3 is 5.11 Å². The first-order valence-electron chi connectivity index (χ1n) is 3.32. The van der Waals surface area contributed by atoms with E-state index in [0.29, 0.717) is 0 Å². The third-order valence-electron chi connectivity index (χ3n) is 0.947. The Bertz CT molecular complexity index is 80.7. The Morgan fingerprint density at radius 2 is 1.78 bits per heavy atom. The van der Waals surface area contributed by atoms with Crippen LogP contribution in [0.4, 0.5) is 0 Å². The molecular formula is C8H14O. The van der Waals surface area contributed by atoms with E-state index in [1.54, 1.807) is 6.08 Å². The van der Waals surface area contributed by atoms with Crippen LogP contribution in [0, 0.1) is 0 Å². The zero-order chi connectivity index (χ0) is 6.95. The minimum absolute atomic E-state index is 0.153. The summed E-state index contributed by atoms with van der Waals surface area (Å²) in [6, 6.07) is 0. The van der Waals surface area contributed by atoms with Gasteiger partial charge in [0.1, 0.15) is 0 Å². The monoisotopic (exact) mass is 126 g/mol. The Labute approximate surface area is 56.7 Å². The molecule has 0 aromatic rings. The molecule has 0 aliphatic heterocycles. The van der Waals surface area contributed by atoms with Gasteiger partial charge in [-0.15, -0.1) is 0 Å². The molecule has 0 radical (unpaired) electrons. The van der Waals surface area contributed by atoms with Crippen LogP contribution in [-0.4, -0.2) is 11.7 Å². The zero-order valence-corrected chi connectivity index (χ0v) is 5.88. The van der Waals surface area contributed by atoms with Crippen molar-refractivity contribution in [2.45, 2.75) is 19.8 Å². The average molecular weight is 126 g/mol. The van der Waals surface area contributed by atoms with Gasteiger partial charge in [-0.25, -0.2) is 0 Å². The summed E-state index contributed by atoms with van der Waals surface area (Å²) < 4.78 is 0. The first-order valence-corrected chi connectivity index (χ1v) is 3.32. The molecule has 52 valence electrons. The van der Waals surface area contributed by atoms with Crippen LogP contribution < -0.4 is 0 Å². The molecule has 0 atom stereocenters. The highest BCUT2D eigenvalue weighted by Crippen LogP contribution is 1.86. The molecule has 1 heteroatoms. The van der Waals surface area contributed by atoms with Gasteiger partial charge in [0, 0.05) is 0 Å². The second-order valence-corrected chi connectivity index (χ2v) is 1.77. The Kier molecular flexibility index (Phi) is 6.98. The van der Waals surface area contributed by atoms with Crippen molar-refractivity contribution in [3.05, 3.63) is 24.3 Å². The highest BCUT2D eigenvalue weighted by Gasteiger charge is 1.68. The molecule has 1 N–H and O–H groups in total. The van der Waals surface area contributed by atoms with Crippen LogP contribution >= 0.6 is 0 Å². The van der Waals surface area contributed by atoms with Crippen LogP contribution in [-0.2, 0) is 0 Å². The first kappa shape index (κ1) is 8.44. The average Bonchev–Trinajstić information content (AvgIpc) is 1.89. The van der Waals surface area contributed by atoms with Gasteiger partial charge in [-0.3, -0.25) is 0 Å². The molecule has 0 saturated carbocycles. The first-order chi connectivity index (χ1) is 4.41. The molecule has 0 unspecified atom stereocenters. The molecule has 0 aliphatic carbocycles. The number of rotatable bonds is 4. The Morgan fingerprint density at radius 3 is 2.33 bits per heavy atom. The molecule has 0 aromatic heterocycles. The van der Waals surface area contributed by atoms with E-state index < -0.39 is 0 Å². The molecule has 0 saturated heterocycles. The fourth-order valence-electron chi connectivity index (χ4n) is 0.512. The Morgan fingerprint density at radius 1 is 1.11 bits per heavy atom. The minimum atomic E-state index is 0.153. The number of aliphatic hydroxyl groups excluding tert-OH is 1. The molecule has 0 aromatic carbocycles. The van der Waals surface area contributed by atoms with Gasteiger partial charge in [-0.1, -0.05) is 31.2 Å².